The van der Waals surface area contributed by atoms with Crippen LogP contribution in [0.1, 0.15) is 18.4 Å². The normalized spacial score (nSPS) is 17.4. The third-order valence-corrected chi connectivity index (χ3v) is 3.59. The first-order chi connectivity index (χ1) is 7.66. The quantitative estimate of drug-likeness (QED) is 0.799. The summed E-state index contributed by atoms with van der Waals surface area (Å²) in [5.41, 5.74) is 0.978. The summed E-state index contributed by atoms with van der Waals surface area (Å²) >= 11 is 11.8. The van der Waals surface area contributed by atoms with Gasteiger partial charge in [0, 0.05) is 18.5 Å². The van der Waals surface area contributed by atoms with Crippen molar-refractivity contribution >= 4 is 23.2 Å². The Kier molecular flexibility index (Phi) is 4.06. The zero-order chi connectivity index (χ0) is 11.5. The van der Waals surface area contributed by atoms with Gasteiger partial charge < -0.3 is 5.32 Å². The maximum Gasteiger partial charge on any atom is 0.141 e. The van der Waals surface area contributed by atoms with Crippen LogP contribution < -0.4 is 5.32 Å². The van der Waals surface area contributed by atoms with Gasteiger partial charge in [0.05, 0.1) is 5.02 Å². The van der Waals surface area contributed by atoms with E-state index in [0.717, 1.165) is 12.1 Å². The molecule has 0 radical (unpaired) electrons. The lowest BCUT2D eigenvalue weighted by molar-refractivity contribution is 0.613. The van der Waals surface area contributed by atoms with Gasteiger partial charge in [0.15, 0.2) is 0 Å². The number of rotatable bonds is 5. The molecule has 1 fully saturated rings. The van der Waals surface area contributed by atoms with E-state index >= 15 is 0 Å². The lowest BCUT2D eigenvalue weighted by Gasteiger charge is -2.09. The third-order valence-electron chi connectivity index (χ3n) is 2.79. The van der Waals surface area contributed by atoms with Crippen LogP contribution in [0.4, 0.5) is 4.39 Å². The van der Waals surface area contributed by atoms with Crippen LogP contribution in [0.3, 0.4) is 0 Å². The second-order valence-corrected chi connectivity index (χ2v) is 5.20. The van der Waals surface area contributed by atoms with Gasteiger partial charge in [-0.3, -0.25) is 0 Å². The SMILES string of the molecule is Fc1ccc(CNCC(Cl)C2CC2)cc1Cl. The molecule has 1 aromatic carbocycles. The number of alkyl halides is 1. The van der Waals surface area contributed by atoms with E-state index in [9.17, 15) is 4.39 Å². The van der Waals surface area contributed by atoms with Gasteiger partial charge in [0.1, 0.15) is 5.82 Å². The minimum Gasteiger partial charge on any atom is -0.311 e. The largest absolute Gasteiger partial charge is 0.311 e. The Morgan fingerprint density at radius 2 is 2.19 bits per heavy atom. The Bertz CT molecular complexity index is 366. The second kappa shape index (κ2) is 5.35. The monoisotopic (exact) mass is 261 g/mol. The van der Waals surface area contributed by atoms with E-state index in [2.05, 4.69) is 5.32 Å². The highest BCUT2D eigenvalue weighted by molar-refractivity contribution is 6.30. The summed E-state index contributed by atoms with van der Waals surface area (Å²) in [6.45, 7) is 1.47. The Morgan fingerprint density at radius 3 is 2.81 bits per heavy atom. The standard InChI is InChI=1S/C12H14Cl2FN/c13-10-5-8(1-4-12(10)15)6-16-7-11(14)9-2-3-9/h1,4-5,9,11,16H,2-3,6-7H2. The Balaban J connectivity index is 1.78. The molecule has 1 unspecified atom stereocenters. The van der Waals surface area contributed by atoms with Gasteiger partial charge in [0.2, 0.25) is 0 Å². The predicted octanol–water partition coefficient (Wildman–Crippen LogP) is 3.59. The molecule has 88 valence electrons. The molecular weight excluding hydrogens is 248 g/mol. The average Bonchev–Trinajstić information content (AvgIpc) is 3.07. The summed E-state index contributed by atoms with van der Waals surface area (Å²) in [7, 11) is 0. The van der Waals surface area contributed by atoms with E-state index in [-0.39, 0.29) is 16.2 Å². The molecule has 1 N–H and O–H groups in total. The molecule has 0 heterocycles. The molecule has 1 nitrogen and oxygen atoms in total. The van der Waals surface area contributed by atoms with Crippen molar-refractivity contribution in [2.45, 2.75) is 24.8 Å². The lowest BCUT2D eigenvalue weighted by atomic mass is 10.2. The fourth-order valence-corrected chi connectivity index (χ4v) is 2.19. The van der Waals surface area contributed by atoms with Crippen molar-refractivity contribution in [1.29, 1.82) is 0 Å². The van der Waals surface area contributed by atoms with Gasteiger partial charge in [-0.25, -0.2) is 4.39 Å². The molecule has 0 spiro atoms. The molecule has 1 saturated carbocycles. The summed E-state index contributed by atoms with van der Waals surface area (Å²) in [5.74, 6) is 0.310. The first-order valence-corrected chi connectivity index (χ1v) is 6.27. The van der Waals surface area contributed by atoms with Crippen LogP contribution in [0.15, 0.2) is 18.2 Å². The summed E-state index contributed by atoms with van der Waals surface area (Å²) in [4.78, 5) is 0. The van der Waals surface area contributed by atoms with E-state index in [1.54, 1.807) is 12.1 Å². The van der Waals surface area contributed by atoms with Crippen LogP contribution in [0.5, 0.6) is 0 Å². The molecule has 16 heavy (non-hydrogen) atoms. The van der Waals surface area contributed by atoms with Crippen LogP contribution in [0.2, 0.25) is 5.02 Å². The fourth-order valence-electron chi connectivity index (χ4n) is 1.63. The number of benzene rings is 1. The third kappa shape index (κ3) is 3.34. The smallest absolute Gasteiger partial charge is 0.141 e. The van der Waals surface area contributed by atoms with Crippen molar-refractivity contribution in [2.24, 2.45) is 5.92 Å². The van der Waals surface area contributed by atoms with Gasteiger partial charge in [-0.1, -0.05) is 17.7 Å². The summed E-state index contributed by atoms with van der Waals surface area (Å²) in [5, 5.41) is 3.65. The van der Waals surface area contributed by atoms with Crippen LogP contribution in [-0.2, 0) is 6.54 Å². The molecule has 0 bridgehead atoms. The zero-order valence-corrected chi connectivity index (χ0v) is 10.4. The van der Waals surface area contributed by atoms with Crippen molar-refractivity contribution < 1.29 is 4.39 Å². The Labute approximate surface area is 105 Å². The van der Waals surface area contributed by atoms with Crippen LogP contribution in [-0.4, -0.2) is 11.9 Å². The second-order valence-electron chi connectivity index (χ2n) is 4.23. The van der Waals surface area contributed by atoms with Crippen LogP contribution in [0.25, 0.3) is 0 Å². The van der Waals surface area contributed by atoms with Gasteiger partial charge in [-0.05, 0) is 36.5 Å². The lowest BCUT2D eigenvalue weighted by Crippen LogP contribution is -2.24. The number of hydrogen-bond donors (Lipinski definition) is 1. The van der Waals surface area contributed by atoms with Crippen molar-refractivity contribution in [3.8, 4) is 0 Å². The molecule has 0 aliphatic heterocycles. The number of hydrogen-bond acceptors (Lipinski definition) is 1. The van der Waals surface area contributed by atoms with E-state index in [1.807, 2.05) is 0 Å². The van der Waals surface area contributed by atoms with Crippen molar-refractivity contribution in [3.63, 3.8) is 0 Å². The highest BCUT2D eigenvalue weighted by atomic mass is 35.5. The topological polar surface area (TPSA) is 12.0 Å². The molecule has 0 amide bonds. The van der Waals surface area contributed by atoms with E-state index in [1.165, 1.54) is 18.9 Å². The molecule has 1 atom stereocenters. The maximum absolute atomic E-state index is 12.9. The molecular formula is C12H14Cl2FN. The predicted molar refractivity (Wildman–Crippen MR) is 65.5 cm³/mol. The minimum absolute atomic E-state index is 0.170. The van der Waals surface area contributed by atoms with Gasteiger partial charge in [0.25, 0.3) is 0 Å². The summed E-state index contributed by atoms with van der Waals surface area (Å²) < 4.78 is 12.9. The number of nitrogens with one attached hydrogen (secondary N) is 1. The van der Waals surface area contributed by atoms with Crippen molar-refractivity contribution in [1.82, 2.24) is 5.32 Å². The molecule has 1 aliphatic rings. The maximum atomic E-state index is 12.9. The van der Waals surface area contributed by atoms with Crippen LogP contribution in [0, 0.1) is 11.7 Å². The highest BCUT2D eigenvalue weighted by Crippen LogP contribution is 2.35. The molecule has 0 saturated heterocycles. The fraction of sp³-hybridized carbons (Fsp3) is 0.500. The molecule has 4 heteroatoms. The summed E-state index contributed by atoms with van der Waals surface area (Å²) in [6.07, 6.45) is 2.50. The molecule has 0 aromatic heterocycles. The molecule has 1 aromatic rings. The van der Waals surface area contributed by atoms with Crippen molar-refractivity contribution in [3.05, 3.63) is 34.6 Å². The highest BCUT2D eigenvalue weighted by Gasteiger charge is 2.29. The Morgan fingerprint density at radius 1 is 1.44 bits per heavy atom. The van der Waals surface area contributed by atoms with E-state index in [0.29, 0.717) is 12.5 Å². The molecule has 2 rings (SSSR count). The first-order valence-electron chi connectivity index (χ1n) is 5.45. The van der Waals surface area contributed by atoms with Gasteiger partial charge in [-0.2, -0.15) is 0 Å². The Hall–Kier alpha value is -0.310. The summed E-state index contributed by atoms with van der Waals surface area (Å²) in [6, 6.07) is 4.76. The van der Waals surface area contributed by atoms with Crippen LogP contribution >= 0.6 is 23.2 Å². The van der Waals surface area contributed by atoms with E-state index < -0.39 is 0 Å². The average molecular weight is 262 g/mol. The minimum atomic E-state index is -0.376. The van der Waals surface area contributed by atoms with Gasteiger partial charge in [-0.15, -0.1) is 11.6 Å². The number of halogens is 3. The molecule has 1 aliphatic carbocycles. The van der Waals surface area contributed by atoms with Gasteiger partial charge >= 0.3 is 0 Å². The van der Waals surface area contributed by atoms with Crippen molar-refractivity contribution in [2.75, 3.05) is 6.54 Å². The van der Waals surface area contributed by atoms with E-state index in [4.69, 9.17) is 23.2 Å². The zero-order valence-electron chi connectivity index (χ0n) is 8.85. The first kappa shape index (κ1) is 12.2.